The maximum Gasteiger partial charge on any atom is 0.251 e. The molecule has 5 heteroatoms. The number of carbonyl (C=O) groups excluding carboxylic acids is 1. The van der Waals surface area contributed by atoms with Gasteiger partial charge in [0.25, 0.3) is 5.91 Å². The van der Waals surface area contributed by atoms with Crippen LogP contribution in [-0.2, 0) is 0 Å². The molecule has 3 rings (SSSR count). The maximum absolute atomic E-state index is 12.4. The van der Waals surface area contributed by atoms with Gasteiger partial charge in [-0.3, -0.25) is 9.69 Å². The average molecular weight is 339 g/mol. The second kappa shape index (κ2) is 8.12. The van der Waals surface area contributed by atoms with Gasteiger partial charge in [-0.05, 0) is 37.4 Å². The van der Waals surface area contributed by atoms with Gasteiger partial charge in [-0.2, -0.15) is 4.73 Å². The van der Waals surface area contributed by atoms with E-state index in [-0.39, 0.29) is 11.9 Å². The Kier molecular flexibility index (Phi) is 5.66. The van der Waals surface area contributed by atoms with E-state index in [0.717, 1.165) is 19.0 Å². The Labute approximate surface area is 148 Å². The van der Waals surface area contributed by atoms with Gasteiger partial charge in [0.2, 0.25) is 0 Å². The molecule has 1 amide bonds. The number of amides is 1. The zero-order chi connectivity index (χ0) is 17.6. The van der Waals surface area contributed by atoms with Gasteiger partial charge in [-0.25, -0.2) is 0 Å². The molecule has 0 bridgehead atoms. The summed E-state index contributed by atoms with van der Waals surface area (Å²) in [5.41, 5.74) is 1.73. The second-order valence-corrected chi connectivity index (χ2v) is 6.80. The van der Waals surface area contributed by atoms with E-state index < -0.39 is 0 Å². The summed E-state index contributed by atoms with van der Waals surface area (Å²) >= 11 is 0. The number of likely N-dealkylation sites (tertiary alicyclic amines) is 1. The van der Waals surface area contributed by atoms with E-state index in [0.29, 0.717) is 16.8 Å². The molecule has 2 heterocycles. The van der Waals surface area contributed by atoms with E-state index in [4.69, 9.17) is 0 Å². The summed E-state index contributed by atoms with van der Waals surface area (Å²) in [5.74, 6) is 0.622. The van der Waals surface area contributed by atoms with E-state index in [1.807, 2.05) is 18.2 Å². The fraction of sp³-hybridized carbons (Fsp3) is 0.400. The minimum Gasteiger partial charge on any atom is -0.619 e. The van der Waals surface area contributed by atoms with Crippen LogP contribution < -0.4 is 10.0 Å². The number of aromatic nitrogens is 1. The van der Waals surface area contributed by atoms with Crippen molar-refractivity contribution in [1.82, 2.24) is 10.2 Å². The topological polar surface area (TPSA) is 59.3 Å². The number of piperidine rings is 1. The lowest BCUT2D eigenvalue weighted by atomic mass is 9.95. The Bertz CT molecular complexity index is 680. The van der Waals surface area contributed by atoms with Gasteiger partial charge in [-0.15, -0.1) is 0 Å². The summed E-state index contributed by atoms with van der Waals surface area (Å²) < 4.78 is 0.679. The Morgan fingerprint density at radius 3 is 2.48 bits per heavy atom. The molecule has 1 aliphatic heterocycles. The van der Waals surface area contributed by atoms with Gasteiger partial charge in [0, 0.05) is 18.7 Å². The summed E-state index contributed by atoms with van der Waals surface area (Å²) in [6.07, 6.45) is 5.07. The van der Waals surface area contributed by atoms with Crippen molar-refractivity contribution in [3.63, 3.8) is 0 Å². The molecule has 132 valence electrons. The summed E-state index contributed by atoms with van der Waals surface area (Å²) in [6, 6.07) is 13.6. The first kappa shape index (κ1) is 17.4. The van der Waals surface area contributed by atoms with Gasteiger partial charge in [0.15, 0.2) is 12.4 Å². The van der Waals surface area contributed by atoms with Gasteiger partial charge in [0.1, 0.15) is 0 Å². The predicted octanol–water partition coefficient (Wildman–Crippen LogP) is 2.52. The highest BCUT2D eigenvalue weighted by molar-refractivity contribution is 5.93. The van der Waals surface area contributed by atoms with Crippen molar-refractivity contribution in [2.75, 3.05) is 19.6 Å². The third-order valence-electron chi connectivity index (χ3n) is 4.96. The van der Waals surface area contributed by atoms with Gasteiger partial charge < -0.3 is 10.5 Å². The molecule has 1 unspecified atom stereocenters. The van der Waals surface area contributed by atoms with Crippen LogP contribution in [0.25, 0.3) is 0 Å². The number of pyridine rings is 1. The lowest BCUT2D eigenvalue weighted by Gasteiger charge is -2.37. The standard InChI is InChI=1S/C20H25N3O2/c1-16-7-11-22(12-8-16)19(17-5-3-2-4-6-17)15-21-20(24)18-9-13-23(25)14-10-18/h2-6,9-10,13-14,16,19H,7-8,11-12,15H2,1H3,(H,21,24). The summed E-state index contributed by atoms with van der Waals surface area (Å²) in [7, 11) is 0. The van der Waals surface area contributed by atoms with E-state index >= 15 is 0 Å². The lowest BCUT2D eigenvalue weighted by molar-refractivity contribution is -0.605. The number of hydrogen-bond donors (Lipinski definition) is 1. The largest absolute Gasteiger partial charge is 0.619 e. The zero-order valence-corrected chi connectivity index (χ0v) is 14.6. The van der Waals surface area contributed by atoms with E-state index in [9.17, 15) is 10.0 Å². The van der Waals surface area contributed by atoms with Crippen LogP contribution >= 0.6 is 0 Å². The maximum atomic E-state index is 12.4. The first-order valence-corrected chi connectivity index (χ1v) is 8.89. The molecule has 0 saturated carbocycles. The molecule has 1 fully saturated rings. The monoisotopic (exact) mass is 339 g/mol. The molecule has 0 spiro atoms. The molecular formula is C20H25N3O2. The average Bonchev–Trinajstić information content (AvgIpc) is 2.64. The number of nitrogens with one attached hydrogen (secondary N) is 1. The highest BCUT2D eigenvalue weighted by atomic mass is 16.5. The number of hydrogen-bond acceptors (Lipinski definition) is 3. The molecule has 1 atom stereocenters. The molecule has 2 aromatic rings. The van der Waals surface area contributed by atoms with Crippen LogP contribution in [0.4, 0.5) is 0 Å². The minimum atomic E-state index is -0.146. The highest BCUT2D eigenvalue weighted by Crippen LogP contribution is 2.26. The Balaban J connectivity index is 1.69. The van der Waals surface area contributed by atoms with Gasteiger partial charge >= 0.3 is 0 Å². The van der Waals surface area contributed by atoms with Gasteiger partial charge in [0.05, 0.1) is 11.6 Å². The van der Waals surface area contributed by atoms with Crippen LogP contribution in [0.15, 0.2) is 54.9 Å². The molecule has 0 aliphatic carbocycles. The Morgan fingerprint density at radius 1 is 1.20 bits per heavy atom. The molecule has 25 heavy (non-hydrogen) atoms. The Hall–Kier alpha value is -2.40. The lowest BCUT2D eigenvalue weighted by Crippen LogP contribution is -2.42. The first-order valence-electron chi connectivity index (χ1n) is 8.89. The highest BCUT2D eigenvalue weighted by Gasteiger charge is 2.25. The fourth-order valence-corrected chi connectivity index (χ4v) is 3.33. The van der Waals surface area contributed by atoms with Crippen LogP contribution in [0.2, 0.25) is 0 Å². The van der Waals surface area contributed by atoms with Crippen molar-refractivity contribution in [1.29, 1.82) is 0 Å². The number of nitrogens with zero attached hydrogens (tertiary/aromatic N) is 2. The summed E-state index contributed by atoms with van der Waals surface area (Å²) in [4.78, 5) is 14.9. The van der Waals surface area contributed by atoms with Crippen LogP contribution in [0.1, 0.15) is 41.7 Å². The van der Waals surface area contributed by atoms with Crippen molar-refractivity contribution in [3.8, 4) is 0 Å². The smallest absolute Gasteiger partial charge is 0.251 e. The molecule has 1 N–H and O–H groups in total. The quantitative estimate of drug-likeness (QED) is 0.673. The van der Waals surface area contributed by atoms with E-state index in [1.54, 1.807) is 12.1 Å². The van der Waals surface area contributed by atoms with Crippen LogP contribution in [0.5, 0.6) is 0 Å². The molecule has 1 aromatic heterocycles. The molecule has 1 saturated heterocycles. The molecule has 1 aliphatic rings. The van der Waals surface area contributed by atoms with Crippen molar-refractivity contribution in [2.45, 2.75) is 25.8 Å². The number of benzene rings is 1. The molecule has 0 radical (unpaired) electrons. The summed E-state index contributed by atoms with van der Waals surface area (Å²) in [5, 5.41) is 14.1. The van der Waals surface area contributed by atoms with E-state index in [1.165, 1.54) is 30.8 Å². The van der Waals surface area contributed by atoms with Crippen molar-refractivity contribution in [3.05, 3.63) is 71.2 Å². The third-order valence-corrected chi connectivity index (χ3v) is 4.96. The van der Waals surface area contributed by atoms with Crippen LogP contribution in [0, 0.1) is 11.1 Å². The number of rotatable bonds is 5. The Morgan fingerprint density at radius 2 is 1.84 bits per heavy atom. The fourth-order valence-electron chi connectivity index (χ4n) is 3.33. The normalized spacial score (nSPS) is 17.2. The predicted molar refractivity (Wildman–Crippen MR) is 96.9 cm³/mol. The van der Waals surface area contributed by atoms with Crippen LogP contribution in [-0.4, -0.2) is 30.4 Å². The first-order chi connectivity index (χ1) is 12.1. The molecule has 5 nitrogen and oxygen atoms in total. The SMILES string of the molecule is CC1CCN(C(CNC(=O)c2cc[n+]([O-])cc2)c2ccccc2)CC1. The van der Waals surface area contributed by atoms with E-state index in [2.05, 4.69) is 29.3 Å². The number of carbonyl (C=O) groups is 1. The third kappa shape index (κ3) is 4.57. The zero-order valence-electron chi connectivity index (χ0n) is 14.6. The van der Waals surface area contributed by atoms with Crippen molar-refractivity contribution in [2.24, 2.45) is 5.92 Å². The summed E-state index contributed by atoms with van der Waals surface area (Å²) in [6.45, 7) is 4.97. The molecule has 1 aromatic carbocycles. The molecular weight excluding hydrogens is 314 g/mol. The van der Waals surface area contributed by atoms with Gasteiger partial charge in [-0.1, -0.05) is 37.3 Å². The van der Waals surface area contributed by atoms with Crippen LogP contribution in [0.3, 0.4) is 0 Å². The van der Waals surface area contributed by atoms with Crippen molar-refractivity contribution >= 4 is 5.91 Å². The minimum absolute atomic E-state index is 0.146. The van der Waals surface area contributed by atoms with Crippen molar-refractivity contribution < 1.29 is 9.52 Å². The second-order valence-electron chi connectivity index (χ2n) is 6.80.